The Bertz CT molecular complexity index is 581. The van der Waals surface area contributed by atoms with Gasteiger partial charge in [0.25, 0.3) is 0 Å². The molecule has 1 atom stereocenters. The van der Waals surface area contributed by atoms with Gasteiger partial charge in [0.1, 0.15) is 11.6 Å². The summed E-state index contributed by atoms with van der Waals surface area (Å²) >= 11 is 10.5. The molecule has 0 heterocycles. The first-order valence-corrected chi connectivity index (χ1v) is 7.95. The molecule has 1 nitrogen and oxygen atoms in total. The summed E-state index contributed by atoms with van der Waals surface area (Å²) in [7, 11) is 1.58. The minimum atomic E-state index is -0.283. The molecule has 100 valence electrons. The van der Waals surface area contributed by atoms with Crippen molar-refractivity contribution in [2.45, 2.75) is 4.83 Å². The van der Waals surface area contributed by atoms with Crippen LogP contribution in [0.2, 0.25) is 0 Å². The molecular weight excluding hydrogens is 443 g/mol. The van der Waals surface area contributed by atoms with E-state index in [2.05, 4.69) is 47.8 Å². The molecule has 2 aromatic rings. The van der Waals surface area contributed by atoms with Crippen molar-refractivity contribution in [1.82, 2.24) is 0 Å². The Kier molecular flexibility index (Phi) is 5.03. The Hall–Kier alpha value is -0.390. The van der Waals surface area contributed by atoms with Crippen molar-refractivity contribution in [3.63, 3.8) is 0 Å². The van der Waals surface area contributed by atoms with Crippen LogP contribution in [0.15, 0.2) is 45.3 Å². The lowest BCUT2D eigenvalue weighted by Crippen LogP contribution is -1.98. The molecule has 0 fully saturated rings. The van der Waals surface area contributed by atoms with E-state index in [1.165, 1.54) is 12.1 Å². The highest BCUT2D eigenvalue weighted by Gasteiger charge is 2.17. The Balaban J connectivity index is 2.48. The van der Waals surface area contributed by atoms with Gasteiger partial charge in [-0.3, -0.25) is 0 Å². The molecule has 0 amide bonds. The van der Waals surface area contributed by atoms with Crippen LogP contribution in [0, 0.1) is 5.82 Å². The number of methoxy groups -OCH3 is 1. The molecule has 2 aromatic carbocycles. The standard InChI is InChI=1S/C14H10Br3FO/c1-19-13-3-2-11(18)7-12(13)14(17)8-4-9(15)6-10(16)5-8/h2-7,14H,1H3. The van der Waals surface area contributed by atoms with Gasteiger partial charge in [-0.15, -0.1) is 0 Å². The van der Waals surface area contributed by atoms with Gasteiger partial charge in [0.05, 0.1) is 11.9 Å². The third-order valence-corrected chi connectivity index (χ3v) is 4.58. The van der Waals surface area contributed by atoms with E-state index in [-0.39, 0.29) is 10.6 Å². The highest BCUT2D eigenvalue weighted by Crippen LogP contribution is 2.38. The molecule has 0 bridgehead atoms. The zero-order valence-corrected chi connectivity index (χ0v) is 14.7. The lowest BCUT2D eigenvalue weighted by atomic mass is 10.0. The molecule has 0 aliphatic heterocycles. The second-order valence-electron chi connectivity index (χ2n) is 3.95. The van der Waals surface area contributed by atoms with Gasteiger partial charge in [-0.2, -0.15) is 0 Å². The normalized spacial score (nSPS) is 12.3. The zero-order chi connectivity index (χ0) is 14.0. The van der Waals surface area contributed by atoms with Crippen LogP contribution < -0.4 is 4.74 Å². The summed E-state index contributed by atoms with van der Waals surface area (Å²) < 4.78 is 20.6. The lowest BCUT2D eigenvalue weighted by Gasteiger charge is -2.15. The van der Waals surface area contributed by atoms with Gasteiger partial charge in [0.2, 0.25) is 0 Å². The van der Waals surface area contributed by atoms with Gasteiger partial charge >= 0.3 is 0 Å². The molecule has 0 spiro atoms. The molecular formula is C14H10Br3FO. The molecule has 0 aliphatic carbocycles. The summed E-state index contributed by atoms with van der Waals surface area (Å²) in [5.41, 5.74) is 1.76. The minimum absolute atomic E-state index is 0.146. The van der Waals surface area contributed by atoms with E-state index in [0.717, 1.165) is 20.1 Å². The summed E-state index contributed by atoms with van der Waals surface area (Å²) in [6, 6.07) is 10.4. The van der Waals surface area contributed by atoms with Crippen molar-refractivity contribution in [1.29, 1.82) is 0 Å². The number of benzene rings is 2. The van der Waals surface area contributed by atoms with Crippen molar-refractivity contribution in [3.05, 3.63) is 62.3 Å². The van der Waals surface area contributed by atoms with Crippen LogP contribution in [-0.2, 0) is 0 Å². The molecule has 0 saturated carbocycles. The third kappa shape index (κ3) is 3.58. The van der Waals surface area contributed by atoms with Crippen LogP contribution in [0.25, 0.3) is 0 Å². The summed E-state index contributed by atoms with van der Waals surface area (Å²) in [5.74, 6) is 0.369. The predicted octanol–water partition coefficient (Wildman–Crippen LogP) is 5.84. The quantitative estimate of drug-likeness (QED) is 0.531. The van der Waals surface area contributed by atoms with Gasteiger partial charge < -0.3 is 4.74 Å². The Morgan fingerprint density at radius 3 is 2.26 bits per heavy atom. The largest absolute Gasteiger partial charge is 0.496 e. The lowest BCUT2D eigenvalue weighted by molar-refractivity contribution is 0.409. The van der Waals surface area contributed by atoms with E-state index >= 15 is 0 Å². The average molecular weight is 453 g/mol. The first-order chi connectivity index (χ1) is 9.01. The molecule has 1 unspecified atom stereocenters. The second-order valence-corrected chi connectivity index (χ2v) is 6.70. The predicted molar refractivity (Wildman–Crippen MR) is 85.6 cm³/mol. The number of hydrogen-bond acceptors (Lipinski definition) is 1. The van der Waals surface area contributed by atoms with Gasteiger partial charge in [0, 0.05) is 14.5 Å². The van der Waals surface area contributed by atoms with Crippen molar-refractivity contribution in [3.8, 4) is 5.75 Å². The second kappa shape index (κ2) is 6.37. The molecule has 5 heteroatoms. The topological polar surface area (TPSA) is 9.23 Å². The fourth-order valence-electron chi connectivity index (χ4n) is 1.80. The molecule has 0 aromatic heterocycles. The zero-order valence-electron chi connectivity index (χ0n) is 9.96. The van der Waals surface area contributed by atoms with E-state index in [1.54, 1.807) is 13.2 Å². The number of ether oxygens (including phenoxy) is 1. The van der Waals surface area contributed by atoms with E-state index in [1.807, 2.05) is 18.2 Å². The molecule has 0 aliphatic rings. The number of hydrogen-bond donors (Lipinski definition) is 0. The monoisotopic (exact) mass is 450 g/mol. The maximum absolute atomic E-state index is 13.4. The fourth-order valence-corrected chi connectivity index (χ4v) is 3.76. The number of rotatable bonds is 3. The summed E-state index contributed by atoms with van der Waals surface area (Å²) in [6.07, 6.45) is 0. The maximum atomic E-state index is 13.4. The van der Waals surface area contributed by atoms with E-state index in [0.29, 0.717) is 5.75 Å². The highest BCUT2D eigenvalue weighted by atomic mass is 79.9. The van der Waals surface area contributed by atoms with Crippen LogP contribution in [-0.4, -0.2) is 7.11 Å². The number of halogens is 4. The Labute approximate surface area is 136 Å². The van der Waals surface area contributed by atoms with E-state index < -0.39 is 0 Å². The molecule has 0 N–H and O–H groups in total. The van der Waals surface area contributed by atoms with Gasteiger partial charge in [-0.25, -0.2) is 4.39 Å². The van der Waals surface area contributed by atoms with Crippen LogP contribution in [0.3, 0.4) is 0 Å². The maximum Gasteiger partial charge on any atom is 0.123 e. The van der Waals surface area contributed by atoms with Crippen LogP contribution in [0.5, 0.6) is 5.75 Å². The van der Waals surface area contributed by atoms with Crippen molar-refractivity contribution in [2.24, 2.45) is 0 Å². The fraction of sp³-hybridized carbons (Fsp3) is 0.143. The Morgan fingerprint density at radius 2 is 1.68 bits per heavy atom. The summed E-state index contributed by atoms with van der Waals surface area (Å²) in [4.78, 5) is -0.146. The van der Waals surface area contributed by atoms with Crippen LogP contribution in [0.1, 0.15) is 16.0 Å². The van der Waals surface area contributed by atoms with Crippen molar-refractivity contribution < 1.29 is 9.13 Å². The highest BCUT2D eigenvalue weighted by molar-refractivity contribution is 9.11. The smallest absolute Gasteiger partial charge is 0.123 e. The van der Waals surface area contributed by atoms with E-state index in [9.17, 15) is 4.39 Å². The van der Waals surface area contributed by atoms with Crippen molar-refractivity contribution in [2.75, 3.05) is 7.11 Å². The molecule has 19 heavy (non-hydrogen) atoms. The van der Waals surface area contributed by atoms with Gasteiger partial charge in [0.15, 0.2) is 0 Å². The Morgan fingerprint density at radius 1 is 1.05 bits per heavy atom. The van der Waals surface area contributed by atoms with Crippen LogP contribution in [0.4, 0.5) is 4.39 Å². The summed E-state index contributed by atoms with van der Waals surface area (Å²) in [5, 5.41) is 0. The first kappa shape index (κ1) is 15.0. The molecule has 0 radical (unpaired) electrons. The third-order valence-electron chi connectivity index (χ3n) is 2.64. The van der Waals surface area contributed by atoms with Crippen molar-refractivity contribution >= 4 is 47.8 Å². The minimum Gasteiger partial charge on any atom is -0.496 e. The number of alkyl halides is 1. The van der Waals surface area contributed by atoms with Gasteiger partial charge in [-0.05, 0) is 42.0 Å². The molecule has 0 saturated heterocycles. The summed E-state index contributed by atoms with van der Waals surface area (Å²) in [6.45, 7) is 0. The van der Waals surface area contributed by atoms with Gasteiger partial charge in [-0.1, -0.05) is 47.8 Å². The average Bonchev–Trinajstić information content (AvgIpc) is 2.36. The first-order valence-electron chi connectivity index (χ1n) is 5.44. The van der Waals surface area contributed by atoms with Crippen LogP contribution >= 0.6 is 47.8 Å². The van der Waals surface area contributed by atoms with E-state index in [4.69, 9.17) is 4.74 Å². The SMILES string of the molecule is COc1ccc(F)cc1C(Br)c1cc(Br)cc(Br)c1. The molecule has 2 rings (SSSR count).